The first-order chi connectivity index (χ1) is 21.0. The number of ether oxygens (including phenoxy) is 3. The van der Waals surface area contributed by atoms with E-state index in [9.17, 15) is 9.59 Å². The van der Waals surface area contributed by atoms with E-state index in [2.05, 4.69) is 20.5 Å². The lowest BCUT2D eigenvalue weighted by molar-refractivity contribution is -0.123. The Bertz CT molecular complexity index is 1580. The third-order valence-corrected chi connectivity index (χ3v) is 7.74. The Kier molecular flexibility index (Phi) is 8.51. The fraction of sp³-hybridized carbons (Fsp3) is 0.265. The van der Waals surface area contributed by atoms with Gasteiger partial charge in [0.05, 0.1) is 18.8 Å². The zero-order valence-corrected chi connectivity index (χ0v) is 24.0. The molecule has 1 aromatic heterocycles. The summed E-state index contributed by atoms with van der Waals surface area (Å²) >= 11 is 0. The minimum absolute atomic E-state index is 0.120. The van der Waals surface area contributed by atoms with Crippen LogP contribution in [0.2, 0.25) is 0 Å². The summed E-state index contributed by atoms with van der Waals surface area (Å²) in [6, 6.07) is 26.1. The molecule has 4 heterocycles. The fourth-order valence-corrected chi connectivity index (χ4v) is 5.48. The maximum absolute atomic E-state index is 13.7. The number of rotatable bonds is 3. The van der Waals surface area contributed by atoms with Gasteiger partial charge in [0.2, 0.25) is 0 Å². The van der Waals surface area contributed by atoms with Crippen molar-refractivity contribution in [2.24, 2.45) is 0 Å². The van der Waals surface area contributed by atoms with Crippen molar-refractivity contribution < 1.29 is 23.8 Å². The molecule has 0 radical (unpaired) electrons. The van der Waals surface area contributed by atoms with E-state index < -0.39 is 0 Å². The number of amides is 2. The van der Waals surface area contributed by atoms with Gasteiger partial charge in [0.25, 0.3) is 11.8 Å². The van der Waals surface area contributed by atoms with Crippen LogP contribution in [0, 0.1) is 0 Å². The van der Waals surface area contributed by atoms with E-state index in [0.717, 1.165) is 35.3 Å². The summed E-state index contributed by atoms with van der Waals surface area (Å²) < 4.78 is 17.9. The van der Waals surface area contributed by atoms with Crippen molar-refractivity contribution in [3.63, 3.8) is 0 Å². The normalized spacial score (nSPS) is 19.2. The number of carbonyl (C=O) groups is 2. The zero-order valence-electron chi connectivity index (χ0n) is 24.0. The van der Waals surface area contributed by atoms with Gasteiger partial charge in [-0.2, -0.15) is 0 Å². The summed E-state index contributed by atoms with van der Waals surface area (Å²) in [4.78, 5) is 33.0. The van der Waals surface area contributed by atoms with Crippen molar-refractivity contribution >= 4 is 11.8 Å². The van der Waals surface area contributed by atoms with Gasteiger partial charge < -0.3 is 24.8 Å². The molecule has 0 unspecified atom stereocenters. The molecule has 3 aliphatic rings. The number of piperidine rings is 1. The van der Waals surface area contributed by atoms with Crippen LogP contribution in [0.15, 0.2) is 91.1 Å². The lowest BCUT2D eigenvalue weighted by atomic mass is 9.99. The summed E-state index contributed by atoms with van der Waals surface area (Å²) in [6.07, 6.45) is 2.30. The quantitative estimate of drug-likeness (QED) is 0.376. The SMILES string of the molecule is COc1ccc2cc1-c1cccc(c1)OCC(=O)NCc1ccc(cc1)O[C@@H]1CCN(Cc3ccccn3)C[C@H]1NC2=O. The van der Waals surface area contributed by atoms with Crippen LogP contribution in [0.3, 0.4) is 0 Å². The van der Waals surface area contributed by atoms with Crippen LogP contribution in [0.4, 0.5) is 0 Å². The van der Waals surface area contributed by atoms with E-state index in [0.29, 0.717) is 42.4 Å². The third-order valence-electron chi connectivity index (χ3n) is 7.74. The Morgan fingerprint density at radius 2 is 1.84 bits per heavy atom. The highest BCUT2D eigenvalue weighted by Gasteiger charge is 2.33. The van der Waals surface area contributed by atoms with Gasteiger partial charge >= 0.3 is 0 Å². The summed E-state index contributed by atoms with van der Waals surface area (Å²) in [5.74, 6) is 1.45. The highest BCUT2D eigenvalue weighted by atomic mass is 16.5. The van der Waals surface area contributed by atoms with Gasteiger partial charge in [0.15, 0.2) is 6.61 Å². The smallest absolute Gasteiger partial charge is 0.258 e. The largest absolute Gasteiger partial charge is 0.496 e. The number of benzene rings is 3. The molecule has 2 atom stereocenters. The van der Waals surface area contributed by atoms with Crippen molar-refractivity contribution in [1.82, 2.24) is 20.5 Å². The maximum atomic E-state index is 13.7. The fourth-order valence-electron chi connectivity index (χ4n) is 5.48. The molecule has 220 valence electrons. The van der Waals surface area contributed by atoms with E-state index >= 15 is 0 Å². The monoisotopic (exact) mass is 578 g/mol. The molecule has 6 bridgehead atoms. The molecule has 9 nitrogen and oxygen atoms in total. The van der Waals surface area contributed by atoms with Gasteiger partial charge in [0, 0.05) is 43.5 Å². The Labute approximate surface area is 250 Å². The van der Waals surface area contributed by atoms with Crippen LogP contribution in [0.25, 0.3) is 11.1 Å². The van der Waals surface area contributed by atoms with Gasteiger partial charge in [-0.25, -0.2) is 0 Å². The van der Waals surface area contributed by atoms with Crippen LogP contribution >= 0.6 is 0 Å². The molecule has 7 rings (SSSR count). The topological polar surface area (TPSA) is 102 Å². The Morgan fingerprint density at radius 1 is 0.953 bits per heavy atom. The number of pyridine rings is 1. The lowest BCUT2D eigenvalue weighted by Gasteiger charge is -2.38. The first kappa shape index (κ1) is 28.2. The second-order valence-corrected chi connectivity index (χ2v) is 10.7. The van der Waals surface area contributed by atoms with Crippen LogP contribution in [0.5, 0.6) is 17.2 Å². The first-order valence-corrected chi connectivity index (χ1v) is 14.4. The summed E-state index contributed by atoms with van der Waals surface area (Å²) in [7, 11) is 1.60. The van der Waals surface area contributed by atoms with Crippen LogP contribution < -0.4 is 24.8 Å². The average molecular weight is 579 g/mol. The molecule has 0 spiro atoms. The maximum Gasteiger partial charge on any atom is 0.258 e. The zero-order chi connectivity index (χ0) is 29.6. The second-order valence-electron chi connectivity index (χ2n) is 10.7. The van der Waals surface area contributed by atoms with Gasteiger partial charge in [0.1, 0.15) is 23.4 Å². The number of aromatic nitrogens is 1. The average Bonchev–Trinajstić information content (AvgIpc) is 3.04. The molecule has 1 fully saturated rings. The van der Waals surface area contributed by atoms with E-state index in [-0.39, 0.29) is 30.6 Å². The van der Waals surface area contributed by atoms with Crippen molar-refractivity contribution in [1.29, 1.82) is 0 Å². The number of hydrogen-bond acceptors (Lipinski definition) is 7. The summed E-state index contributed by atoms with van der Waals surface area (Å²) in [5.41, 5.74) is 3.97. The molecule has 4 aromatic rings. The van der Waals surface area contributed by atoms with E-state index in [4.69, 9.17) is 14.2 Å². The Morgan fingerprint density at radius 3 is 2.65 bits per heavy atom. The predicted octanol–water partition coefficient (Wildman–Crippen LogP) is 4.22. The molecule has 43 heavy (non-hydrogen) atoms. The van der Waals surface area contributed by atoms with Crippen molar-refractivity contribution in [2.75, 3.05) is 26.8 Å². The van der Waals surface area contributed by atoms with E-state index in [1.807, 2.05) is 66.7 Å². The highest BCUT2D eigenvalue weighted by molar-refractivity contribution is 5.96. The van der Waals surface area contributed by atoms with Crippen LogP contribution in [-0.2, 0) is 17.9 Å². The first-order valence-electron chi connectivity index (χ1n) is 14.4. The molecular formula is C34H34N4O5. The standard InChI is InChI=1S/C34H34N4O5/c1-41-31-13-10-25-18-29(31)24-5-4-7-28(17-24)42-22-33(39)36-19-23-8-11-27(12-9-23)43-32-14-16-38(21-30(32)37-34(25)40)20-26-6-2-3-15-35-26/h2-13,15,17-18,30,32H,14,16,19-22H2,1H3,(H,36,39)(H,37,40)/t30-,32-/m1/s1. The third kappa shape index (κ3) is 6.95. The minimum atomic E-state index is -0.267. The Hall–Kier alpha value is -4.89. The molecule has 9 heteroatoms. The summed E-state index contributed by atoms with van der Waals surface area (Å²) in [6.45, 7) is 2.36. The molecule has 2 amide bonds. The highest BCUT2D eigenvalue weighted by Crippen LogP contribution is 2.33. The Balaban J connectivity index is 1.32. The number of likely N-dealkylation sites (tertiary alicyclic amines) is 1. The molecule has 3 aromatic carbocycles. The predicted molar refractivity (Wildman–Crippen MR) is 162 cm³/mol. The number of nitrogens with zero attached hydrogens (tertiary/aromatic N) is 2. The number of carbonyl (C=O) groups excluding carboxylic acids is 2. The van der Waals surface area contributed by atoms with Gasteiger partial charge in [-0.05, 0) is 72.1 Å². The molecule has 2 N–H and O–H groups in total. The van der Waals surface area contributed by atoms with Gasteiger partial charge in [-0.1, -0.05) is 30.3 Å². The summed E-state index contributed by atoms with van der Waals surface area (Å²) in [5, 5.41) is 6.17. The lowest BCUT2D eigenvalue weighted by Crippen LogP contribution is -2.56. The molecule has 1 saturated heterocycles. The van der Waals surface area contributed by atoms with Gasteiger partial charge in [-0.15, -0.1) is 0 Å². The molecule has 0 saturated carbocycles. The van der Waals surface area contributed by atoms with Gasteiger partial charge in [-0.3, -0.25) is 19.5 Å². The molecular weight excluding hydrogens is 544 g/mol. The van der Waals surface area contributed by atoms with Crippen molar-refractivity contribution in [2.45, 2.75) is 31.7 Å². The molecule has 0 aliphatic carbocycles. The minimum Gasteiger partial charge on any atom is -0.496 e. The van der Waals surface area contributed by atoms with E-state index in [1.54, 1.807) is 31.5 Å². The van der Waals surface area contributed by atoms with Crippen LogP contribution in [-0.4, -0.2) is 60.7 Å². The number of nitrogens with one attached hydrogen (secondary N) is 2. The number of methoxy groups -OCH3 is 1. The number of fused-ring (bicyclic) bond motifs is 7. The second kappa shape index (κ2) is 13.0. The van der Waals surface area contributed by atoms with Crippen molar-refractivity contribution in [3.05, 3.63) is 108 Å². The number of hydrogen-bond donors (Lipinski definition) is 2. The van der Waals surface area contributed by atoms with E-state index in [1.165, 1.54) is 0 Å². The van der Waals surface area contributed by atoms with Crippen molar-refractivity contribution in [3.8, 4) is 28.4 Å². The molecule has 3 aliphatic heterocycles. The van der Waals surface area contributed by atoms with Crippen LogP contribution in [0.1, 0.15) is 28.0 Å².